The van der Waals surface area contributed by atoms with Crippen LogP contribution in [0.15, 0.2) is 220 Å². The molecule has 39 heteroatoms. The van der Waals surface area contributed by atoms with Crippen molar-refractivity contribution in [2.24, 2.45) is 0 Å². The van der Waals surface area contributed by atoms with Gasteiger partial charge in [0.15, 0.2) is 45.0 Å². The quantitative estimate of drug-likeness (QED) is 0.0149. The Kier molecular flexibility index (Phi) is 29.3. The summed E-state index contributed by atoms with van der Waals surface area (Å²) in [6.07, 6.45) is 0.430. The van der Waals surface area contributed by atoms with Crippen molar-refractivity contribution in [2.75, 3.05) is 30.5 Å². The SMILES string of the molecule is CCOC(=O)c1c(NCc2ccccc2C)c2c(C)ncnc2n(OCc2ccccc2)c1=O.CCOC(=O)c1c(O)c2c(C)ncnc2n(OCc2ccccc2)c1=O.CCOC(=O)c1c(OS(=O)(=O)C(F)(F)F)c2c(C)ncnc2n(OCc2ccccc2)c1=O.Cc1ncnc2c1c(NCc1ccccc1C(F)(F)F)cc(=O)n2OCc1ccccc1. The van der Waals surface area contributed by atoms with Gasteiger partial charge in [0.25, 0.3) is 5.56 Å². The average molecular weight is 1740 g/mol. The fourth-order valence-corrected chi connectivity index (χ4v) is 12.9. The van der Waals surface area contributed by atoms with Gasteiger partial charge in [-0.3, -0.25) is 19.2 Å². The number of anilines is 2. The fraction of sp³-hybridized carbons (Fsp3) is 0.221. The highest BCUT2D eigenvalue weighted by Crippen LogP contribution is 2.37. The van der Waals surface area contributed by atoms with Gasteiger partial charge in [0.05, 0.1) is 81.1 Å². The molecule has 14 rings (SSSR count). The number of nitrogens with one attached hydrogen (secondary N) is 2. The van der Waals surface area contributed by atoms with Crippen LogP contribution in [-0.2, 0) is 70.0 Å². The number of hydrogen-bond acceptors (Lipinski definition) is 28. The van der Waals surface area contributed by atoms with Crippen LogP contribution in [0.5, 0.6) is 11.5 Å². The number of carbonyl (C=O) groups is 3. The lowest BCUT2D eigenvalue weighted by Gasteiger charge is -2.19. The minimum atomic E-state index is -6.27. The van der Waals surface area contributed by atoms with E-state index in [0.717, 1.165) is 54.4 Å². The number of carbonyl (C=O) groups excluding carboxylic acids is 3. The number of fused-ring (bicyclic) bond motifs is 4. The maximum absolute atomic E-state index is 13.6. The molecule has 8 heterocycles. The molecule has 0 saturated heterocycles. The van der Waals surface area contributed by atoms with Crippen molar-refractivity contribution in [3.63, 3.8) is 0 Å². The molecule has 8 aromatic heterocycles. The van der Waals surface area contributed by atoms with Crippen LogP contribution >= 0.6 is 0 Å². The summed E-state index contributed by atoms with van der Waals surface area (Å²) >= 11 is 0. The molecule has 0 atom stereocenters. The first-order valence-corrected chi connectivity index (χ1v) is 39.4. The van der Waals surface area contributed by atoms with E-state index in [2.05, 4.69) is 54.7 Å². The van der Waals surface area contributed by atoms with E-state index in [1.807, 2.05) is 122 Å². The van der Waals surface area contributed by atoms with E-state index in [0.29, 0.717) is 56.1 Å². The Balaban J connectivity index is 0.000000163. The predicted molar refractivity (Wildman–Crippen MR) is 443 cm³/mol. The van der Waals surface area contributed by atoms with Crippen molar-refractivity contribution in [1.82, 2.24) is 58.8 Å². The summed E-state index contributed by atoms with van der Waals surface area (Å²) in [6, 6.07) is 50.9. The minimum absolute atomic E-state index is 0.0604. The van der Waals surface area contributed by atoms with Crippen molar-refractivity contribution in [3.05, 3.63) is 327 Å². The summed E-state index contributed by atoms with van der Waals surface area (Å²) in [6.45, 7) is 13.5. The monoisotopic (exact) mass is 1740 g/mol. The number of halogens is 6. The molecule has 648 valence electrons. The third-order valence-corrected chi connectivity index (χ3v) is 19.4. The molecule has 0 saturated carbocycles. The van der Waals surface area contributed by atoms with E-state index < -0.39 is 101 Å². The molecule has 125 heavy (non-hydrogen) atoms. The molecule has 14 aromatic rings. The van der Waals surface area contributed by atoms with E-state index in [9.17, 15) is 73.4 Å². The van der Waals surface area contributed by atoms with Crippen molar-refractivity contribution in [1.29, 1.82) is 0 Å². The molecule has 3 N–H and O–H groups in total. The number of benzene rings is 6. The third kappa shape index (κ3) is 21.2. The predicted octanol–water partition coefficient (Wildman–Crippen LogP) is 11.9. The number of esters is 3. The molecule has 0 aliphatic heterocycles. The highest BCUT2D eigenvalue weighted by Gasteiger charge is 2.50. The molecule has 0 unspecified atom stereocenters. The van der Waals surface area contributed by atoms with Gasteiger partial charge in [-0.1, -0.05) is 164 Å². The molecule has 0 fully saturated rings. The Hall–Kier alpha value is -15.2. The zero-order valence-corrected chi connectivity index (χ0v) is 68.7. The second kappa shape index (κ2) is 40.5. The van der Waals surface area contributed by atoms with Crippen molar-refractivity contribution in [3.8, 4) is 11.5 Å². The van der Waals surface area contributed by atoms with Crippen LogP contribution in [0.25, 0.3) is 44.1 Å². The number of rotatable bonds is 26. The Bertz CT molecular complexity index is 6660. The number of nitrogens with zero attached hydrogens (tertiary/aromatic N) is 12. The van der Waals surface area contributed by atoms with Gasteiger partial charge in [-0.05, 0) is 100 Å². The molecule has 0 spiro atoms. The third-order valence-electron chi connectivity index (χ3n) is 18.4. The van der Waals surface area contributed by atoms with Gasteiger partial charge >= 0.3 is 56.4 Å². The van der Waals surface area contributed by atoms with Gasteiger partial charge in [-0.2, -0.15) is 34.8 Å². The van der Waals surface area contributed by atoms with Crippen LogP contribution in [-0.4, -0.2) is 116 Å². The first-order chi connectivity index (χ1) is 59.9. The number of alkyl halides is 6. The average Bonchev–Trinajstić information content (AvgIpc) is 0.750. The first-order valence-electron chi connectivity index (χ1n) is 38.0. The summed E-state index contributed by atoms with van der Waals surface area (Å²) in [7, 11) is -6.27. The zero-order valence-electron chi connectivity index (χ0n) is 67.8. The Morgan fingerprint density at radius 3 is 1.22 bits per heavy atom. The van der Waals surface area contributed by atoms with Gasteiger partial charge in [0.1, 0.15) is 57.5 Å². The van der Waals surface area contributed by atoms with Gasteiger partial charge in [-0.15, -0.1) is 18.9 Å². The summed E-state index contributed by atoms with van der Waals surface area (Å²) in [5.41, 5.74) is -4.03. The van der Waals surface area contributed by atoms with Gasteiger partial charge in [-0.25, -0.2) is 54.3 Å². The molecule has 0 aliphatic rings. The Morgan fingerprint density at radius 1 is 0.416 bits per heavy atom. The van der Waals surface area contributed by atoms with Gasteiger partial charge in [0, 0.05) is 19.2 Å². The lowest BCUT2D eigenvalue weighted by atomic mass is 10.1. The van der Waals surface area contributed by atoms with Gasteiger partial charge < -0.3 is 53.5 Å². The second-order valence-electron chi connectivity index (χ2n) is 26.8. The number of hydrogen-bond donors (Lipinski definition) is 3. The van der Waals surface area contributed by atoms with Gasteiger partial charge in [0.2, 0.25) is 0 Å². The van der Waals surface area contributed by atoms with Crippen LogP contribution in [0.3, 0.4) is 0 Å². The molecule has 0 radical (unpaired) electrons. The highest BCUT2D eigenvalue weighted by atomic mass is 32.2. The van der Waals surface area contributed by atoms with Crippen LogP contribution in [0.1, 0.15) is 119 Å². The number of aromatic nitrogens is 12. The lowest BCUT2D eigenvalue weighted by molar-refractivity contribution is -0.138. The molecule has 0 aliphatic carbocycles. The van der Waals surface area contributed by atoms with Crippen molar-refractivity contribution < 1.29 is 92.0 Å². The van der Waals surface area contributed by atoms with E-state index in [-0.39, 0.29) is 91.9 Å². The molecule has 6 aromatic carbocycles. The first kappa shape index (κ1) is 90.6. The minimum Gasteiger partial charge on any atom is -0.506 e. The standard InChI is InChI=1S/C26H26N4O4.C23H19F3N4O2.C19H16F3N3O7S.C18H17N3O5/c1-4-33-26(32)22-23(27-14-20-13-9-8-10-17(20)2)21-18(3)28-16-29-24(21)30(25(22)31)34-15-19-11-6-5-7-12-19;1-15-21-19(27-12-17-9-5-6-10-18(17)23(24,25)26)11-20(31)30(22(21)29-14-28-15)32-13-16-7-3-2-4-8-16;1-3-30-18(27)14-15(32-33(28,29)19(20,21)22)13-11(2)23-10-24-16(13)25(17(14)26)31-9-12-7-5-4-6-8-12;1-3-25-18(24)14-15(22)13-11(2)19-10-20-16(13)21(17(14)23)26-9-12-7-5-4-6-8-12/h5-13,16,27H,4,14-15H2,1-3H3;2-11,14,27H,12-13H2,1H3;4-8,10H,3,9H2,1-2H3;4-8,10,22H,3,9H2,1-2H3. The van der Waals surface area contributed by atoms with Crippen LogP contribution in [0.2, 0.25) is 0 Å². The Morgan fingerprint density at radius 2 is 0.768 bits per heavy atom. The molecule has 0 amide bonds. The number of aromatic hydroxyl groups is 1. The molecular weight excluding hydrogens is 1660 g/mol. The van der Waals surface area contributed by atoms with Crippen LogP contribution in [0, 0.1) is 34.6 Å². The van der Waals surface area contributed by atoms with E-state index in [4.69, 9.17) is 33.6 Å². The number of pyridine rings is 4. The maximum atomic E-state index is 13.6. The summed E-state index contributed by atoms with van der Waals surface area (Å²) < 4.78 is 125. The van der Waals surface area contributed by atoms with Crippen LogP contribution in [0.4, 0.5) is 37.7 Å². The van der Waals surface area contributed by atoms with E-state index >= 15 is 0 Å². The lowest BCUT2D eigenvalue weighted by Crippen LogP contribution is -2.35. The van der Waals surface area contributed by atoms with Crippen molar-refractivity contribution >= 4 is 83.5 Å². The summed E-state index contributed by atoms with van der Waals surface area (Å²) in [5, 5.41) is 17.4. The summed E-state index contributed by atoms with van der Waals surface area (Å²) in [5.74, 6) is -4.80. The number of ether oxygens (including phenoxy) is 3. The highest BCUT2D eigenvalue weighted by molar-refractivity contribution is 7.88. The zero-order chi connectivity index (χ0) is 89.9. The van der Waals surface area contributed by atoms with Crippen molar-refractivity contribution in [2.45, 2.75) is 107 Å². The normalized spacial score (nSPS) is 11.2. The van der Waals surface area contributed by atoms with E-state index in [1.54, 1.807) is 65.0 Å². The maximum Gasteiger partial charge on any atom is 0.534 e. The topological polar surface area (TPSA) is 395 Å². The second-order valence-corrected chi connectivity index (χ2v) is 28.3. The molecule has 0 bridgehead atoms. The smallest absolute Gasteiger partial charge is 0.506 e. The Labute approximate surface area is 706 Å². The summed E-state index contributed by atoms with van der Waals surface area (Å²) in [4.78, 5) is 145. The van der Waals surface area contributed by atoms with E-state index in [1.165, 1.54) is 57.1 Å². The molecular formula is C86H78F6N14O18S. The van der Waals surface area contributed by atoms with Crippen LogP contribution < -0.4 is 56.4 Å². The largest absolute Gasteiger partial charge is 0.534 e. The molecule has 32 nitrogen and oxygen atoms in total. The number of aryl methyl sites for hydroxylation is 5. The fourth-order valence-electron chi connectivity index (χ4n) is 12.4.